The van der Waals surface area contributed by atoms with E-state index in [0.29, 0.717) is 19.1 Å². The predicted octanol–water partition coefficient (Wildman–Crippen LogP) is 1.48. The van der Waals surface area contributed by atoms with Crippen LogP contribution < -0.4 is 11.1 Å². The molecule has 0 saturated carbocycles. The van der Waals surface area contributed by atoms with Crippen LogP contribution in [0.3, 0.4) is 0 Å². The lowest BCUT2D eigenvalue weighted by Crippen LogP contribution is -2.46. The van der Waals surface area contributed by atoms with E-state index >= 15 is 0 Å². The van der Waals surface area contributed by atoms with E-state index in [1.165, 1.54) is 0 Å². The number of rotatable bonds is 5. The first-order valence-electron chi connectivity index (χ1n) is 7.54. The molecule has 0 bridgehead atoms. The van der Waals surface area contributed by atoms with Gasteiger partial charge in [0.15, 0.2) is 0 Å². The number of nitrogens with one attached hydrogen (secondary N) is 1. The normalized spacial score (nSPS) is 17.3. The van der Waals surface area contributed by atoms with Crippen LogP contribution in [0.2, 0.25) is 0 Å². The molecule has 2 heterocycles. The Bertz CT molecular complexity index is 474. The van der Waals surface area contributed by atoms with Gasteiger partial charge in [-0.1, -0.05) is 20.8 Å². The lowest BCUT2D eigenvalue weighted by molar-refractivity contribution is -0.120. The Balaban J connectivity index is 2.07. The quantitative estimate of drug-likeness (QED) is 0.864. The Morgan fingerprint density at radius 1 is 1.48 bits per heavy atom. The summed E-state index contributed by atoms with van der Waals surface area (Å²) in [5, 5.41) is 6.55. The number of nitrogens with two attached hydrogens (primary N) is 1. The van der Waals surface area contributed by atoms with Crippen LogP contribution in [0.15, 0.2) is 5.38 Å². The number of nitrogens with zero attached hydrogens (tertiary/aromatic N) is 2. The maximum atomic E-state index is 11.4. The van der Waals surface area contributed by atoms with Crippen LogP contribution in [0.25, 0.3) is 0 Å². The van der Waals surface area contributed by atoms with Crippen molar-refractivity contribution in [2.75, 3.05) is 19.6 Å². The second-order valence-corrected chi connectivity index (χ2v) is 7.67. The molecule has 1 aliphatic rings. The largest absolute Gasteiger partial charge is 0.369 e. The van der Waals surface area contributed by atoms with Gasteiger partial charge in [-0.15, -0.1) is 11.3 Å². The first-order valence-corrected chi connectivity index (χ1v) is 8.42. The molecule has 1 saturated heterocycles. The standard InChI is InChI=1S/C15H26N4OS/c1-15(2,3)12-10-21-14(18-12)9-19(8-13(16)20)11-4-6-17-7-5-11/h10-11,17H,4-9H2,1-3H3,(H2,16,20). The monoisotopic (exact) mass is 310 g/mol. The fraction of sp³-hybridized carbons (Fsp3) is 0.733. The number of hydrogen-bond donors (Lipinski definition) is 2. The highest BCUT2D eigenvalue weighted by Gasteiger charge is 2.24. The summed E-state index contributed by atoms with van der Waals surface area (Å²) in [7, 11) is 0. The smallest absolute Gasteiger partial charge is 0.231 e. The molecule has 0 radical (unpaired) electrons. The summed E-state index contributed by atoms with van der Waals surface area (Å²) >= 11 is 1.68. The molecule has 3 N–H and O–H groups in total. The molecule has 1 aromatic rings. The fourth-order valence-corrected chi connectivity index (χ4v) is 3.63. The first kappa shape index (κ1) is 16.4. The maximum Gasteiger partial charge on any atom is 0.231 e. The van der Waals surface area contributed by atoms with Crippen molar-refractivity contribution in [3.63, 3.8) is 0 Å². The van der Waals surface area contributed by atoms with E-state index in [-0.39, 0.29) is 11.3 Å². The number of primary amides is 1. The predicted molar refractivity (Wildman–Crippen MR) is 86.3 cm³/mol. The van der Waals surface area contributed by atoms with E-state index in [0.717, 1.165) is 36.6 Å². The molecule has 0 aromatic carbocycles. The molecule has 0 unspecified atom stereocenters. The van der Waals surface area contributed by atoms with Crippen molar-refractivity contribution in [3.8, 4) is 0 Å². The zero-order valence-electron chi connectivity index (χ0n) is 13.2. The molecule has 0 aliphatic carbocycles. The number of piperidine rings is 1. The minimum absolute atomic E-state index is 0.0675. The zero-order valence-corrected chi connectivity index (χ0v) is 14.0. The fourth-order valence-electron chi connectivity index (χ4n) is 2.59. The molecule has 6 heteroatoms. The lowest BCUT2D eigenvalue weighted by Gasteiger charge is -2.33. The highest BCUT2D eigenvalue weighted by Crippen LogP contribution is 2.25. The molecule has 2 rings (SSSR count). The molecule has 1 aliphatic heterocycles. The number of amides is 1. The Morgan fingerprint density at radius 2 is 2.14 bits per heavy atom. The van der Waals surface area contributed by atoms with Crippen molar-refractivity contribution in [2.24, 2.45) is 5.73 Å². The van der Waals surface area contributed by atoms with Crippen LogP contribution in [0.4, 0.5) is 0 Å². The minimum Gasteiger partial charge on any atom is -0.369 e. The first-order chi connectivity index (χ1) is 9.86. The lowest BCUT2D eigenvalue weighted by atomic mass is 9.93. The van der Waals surface area contributed by atoms with Gasteiger partial charge in [0.05, 0.1) is 18.8 Å². The summed E-state index contributed by atoms with van der Waals surface area (Å²) in [6.07, 6.45) is 2.12. The Hall–Kier alpha value is -0.980. The van der Waals surface area contributed by atoms with Crippen LogP contribution >= 0.6 is 11.3 Å². The van der Waals surface area contributed by atoms with E-state index in [2.05, 4.69) is 36.4 Å². The molecule has 5 nitrogen and oxygen atoms in total. The Morgan fingerprint density at radius 3 is 2.67 bits per heavy atom. The molecule has 1 fully saturated rings. The van der Waals surface area contributed by atoms with Gasteiger partial charge in [-0.05, 0) is 25.9 Å². The molecule has 21 heavy (non-hydrogen) atoms. The van der Waals surface area contributed by atoms with E-state index in [4.69, 9.17) is 10.7 Å². The van der Waals surface area contributed by atoms with Crippen molar-refractivity contribution >= 4 is 17.2 Å². The van der Waals surface area contributed by atoms with Gasteiger partial charge in [0.1, 0.15) is 5.01 Å². The SMILES string of the molecule is CC(C)(C)c1csc(CN(CC(N)=O)C2CCNCC2)n1. The maximum absolute atomic E-state index is 11.4. The molecule has 1 amide bonds. The highest BCUT2D eigenvalue weighted by molar-refractivity contribution is 7.09. The third-order valence-corrected chi connectivity index (χ3v) is 4.68. The number of thiazole rings is 1. The van der Waals surface area contributed by atoms with E-state index in [1.54, 1.807) is 11.3 Å². The van der Waals surface area contributed by atoms with Gasteiger partial charge in [0.25, 0.3) is 0 Å². The van der Waals surface area contributed by atoms with Crippen molar-refractivity contribution < 1.29 is 4.79 Å². The van der Waals surface area contributed by atoms with Gasteiger partial charge in [0, 0.05) is 16.8 Å². The van der Waals surface area contributed by atoms with Crippen LogP contribution in [0.5, 0.6) is 0 Å². The summed E-state index contributed by atoms with van der Waals surface area (Å²) in [5.74, 6) is -0.263. The number of carbonyl (C=O) groups is 1. The average molecular weight is 310 g/mol. The number of aromatic nitrogens is 1. The van der Waals surface area contributed by atoms with E-state index < -0.39 is 0 Å². The second kappa shape index (κ2) is 6.85. The number of carbonyl (C=O) groups excluding carboxylic acids is 1. The minimum atomic E-state index is -0.263. The van der Waals surface area contributed by atoms with Crippen LogP contribution in [0, 0.1) is 0 Å². The topological polar surface area (TPSA) is 71.2 Å². The van der Waals surface area contributed by atoms with E-state index in [9.17, 15) is 4.79 Å². The molecule has 1 aromatic heterocycles. The summed E-state index contributed by atoms with van der Waals surface area (Å²) in [6.45, 7) is 9.54. The molecule has 118 valence electrons. The van der Waals surface area contributed by atoms with Gasteiger partial charge in [-0.25, -0.2) is 4.98 Å². The average Bonchev–Trinajstić information content (AvgIpc) is 2.87. The molecular weight excluding hydrogens is 284 g/mol. The second-order valence-electron chi connectivity index (χ2n) is 6.73. The highest BCUT2D eigenvalue weighted by atomic mass is 32.1. The van der Waals surface area contributed by atoms with Crippen molar-refractivity contribution in [2.45, 2.75) is 51.6 Å². The van der Waals surface area contributed by atoms with Gasteiger partial charge < -0.3 is 11.1 Å². The number of hydrogen-bond acceptors (Lipinski definition) is 5. The van der Waals surface area contributed by atoms with Gasteiger partial charge in [-0.3, -0.25) is 9.69 Å². The summed E-state index contributed by atoms with van der Waals surface area (Å²) in [6, 6.07) is 0.417. The van der Waals surface area contributed by atoms with Crippen LogP contribution in [-0.2, 0) is 16.8 Å². The zero-order chi connectivity index (χ0) is 15.5. The van der Waals surface area contributed by atoms with Gasteiger partial charge in [-0.2, -0.15) is 0 Å². The summed E-state index contributed by atoms with van der Waals surface area (Å²) in [5.41, 5.74) is 6.60. The van der Waals surface area contributed by atoms with Crippen molar-refractivity contribution in [1.29, 1.82) is 0 Å². The van der Waals surface area contributed by atoms with Gasteiger partial charge in [0.2, 0.25) is 5.91 Å². The summed E-state index contributed by atoms with van der Waals surface area (Å²) < 4.78 is 0. The Labute approximate surface area is 130 Å². The van der Waals surface area contributed by atoms with Crippen LogP contribution in [0.1, 0.15) is 44.3 Å². The third-order valence-electron chi connectivity index (χ3n) is 3.84. The Kier molecular flexibility index (Phi) is 5.35. The van der Waals surface area contributed by atoms with Crippen molar-refractivity contribution in [3.05, 3.63) is 16.1 Å². The molecule has 0 spiro atoms. The molecule has 0 atom stereocenters. The van der Waals surface area contributed by atoms with E-state index in [1.807, 2.05) is 0 Å². The van der Waals surface area contributed by atoms with Gasteiger partial charge >= 0.3 is 0 Å². The van der Waals surface area contributed by atoms with Crippen LogP contribution in [-0.4, -0.2) is 41.5 Å². The third kappa shape index (κ3) is 4.76. The molecular formula is C15H26N4OS. The van der Waals surface area contributed by atoms with Crippen molar-refractivity contribution in [1.82, 2.24) is 15.2 Å². The summed E-state index contributed by atoms with van der Waals surface area (Å²) in [4.78, 5) is 18.3.